The highest BCUT2D eigenvalue weighted by Crippen LogP contribution is 2.14. The predicted molar refractivity (Wildman–Crippen MR) is 73.4 cm³/mol. The van der Waals surface area contributed by atoms with Gasteiger partial charge in [-0.1, -0.05) is 25.5 Å². The quantitative estimate of drug-likeness (QED) is 0.699. The minimum Gasteiger partial charge on any atom is -0.494 e. The van der Waals surface area contributed by atoms with E-state index in [1.165, 1.54) is 12.0 Å². The third kappa shape index (κ3) is 6.32. The molecule has 0 bridgehead atoms. The lowest BCUT2D eigenvalue weighted by Crippen LogP contribution is -2.14. The highest BCUT2D eigenvalue weighted by atomic mass is 16.5. The summed E-state index contributed by atoms with van der Waals surface area (Å²) in [5.41, 5.74) is 7.08. The Hall–Kier alpha value is -1.02. The smallest absolute Gasteiger partial charge is 0.119 e. The van der Waals surface area contributed by atoms with Crippen molar-refractivity contribution in [2.75, 3.05) is 6.61 Å². The van der Waals surface area contributed by atoms with E-state index in [0.717, 1.165) is 38.0 Å². The molecule has 0 heterocycles. The monoisotopic (exact) mass is 235 g/mol. The van der Waals surface area contributed by atoms with E-state index in [4.69, 9.17) is 10.5 Å². The van der Waals surface area contributed by atoms with Crippen LogP contribution in [0.5, 0.6) is 5.75 Å². The first kappa shape index (κ1) is 14.0. The van der Waals surface area contributed by atoms with Gasteiger partial charge in [0, 0.05) is 6.04 Å². The number of hydrogen-bond acceptors (Lipinski definition) is 2. The van der Waals surface area contributed by atoms with E-state index in [-0.39, 0.29) is 0 Å². The van der Waals surface area contributed by atoms with E-state index in [1.54, 1.807) is 0 Å². The summed E-state index contributed by atoms with van der Waals surface area (Å²) in [4.78, 5) is 0. The Kier molecular flexibility index (Phi) is 6.71. The normalized spacial score (nSPS) is 12.4. The van der Waals surface area contributed by atoms with E-state index in [1.807, 2.05) is 6.92 Å². The Balaban J connectivity index is 2.18. The molecule has 96 valence electrons. The van der Waals surface area contributed by atoms with Crippen molar-refractivity contribution in [3.63, 3.8) is 0 Å². The summed E-state index contributed by atoms with van der Waals surface area (Å²) in [7, 11) is 0. The molecule has 0 aliphatic rings. The number of ether oxygens (including phenoxy) is 1. The lowest BCUT2D eigenvalue weighted by molar-refractivity contribution is 0.303. The molecule has 1 rings (SSSR count). The molecule has 0 aliphatic carbocycles. The molecule has 0 spiro atoms. The topological polar surface area (TPSA) is 35.2 Å². The lowest BCUT2D eigenvalue weighted by atomic mass is 10.1. The molecular weight excluding hydrogens is 210 g/mol. The van der Waals surface area contributed by atoms with E-state index >= 15 is 0 Å². The highest BCUT2D eigenvalue weighted by Gasteiger charge is 1.97. The molecule has 0 aliphatic heterocycles. The fourth-order valence-corrected chi connectivity index (χ4v) is 1.80. The Morgan fingerprint density at radius 1 is 1.18 bits per heavy atom. The van der Waals surface area contributed by atoms with E-state index in [0.29, 0.717) is 6.04 Å². The molecule has 2 nitrogen and oxygen atoms in total. The first-order valence-corrected chi connectivity index (χ1v) is 6.69. The number of hydrogen-bond donors (Lipinski definition) is 1. The zero-order valence-electron chi connectivity index (χ0n) is 11.1. The van der Waals surface area contributed by atoms with Crippen LogP contribution >= 0.6 is 0 Å². The molecule has 1 atom stereocenters. The number of nitrogens with two attached hydrogens (primary N) is 1. The van der Waals surface area contributed by atoms with Gasteiger partial charge < -0.3 is 10.5 Å². The van der Waals surface area contributed by atoms with Crippen LogP contribution in [-0.4, -0.2) is 12.6 Å². The van der Waals surface area contributed by atoms with Gasteiger partial charge in [-0.05, 0) is 50.3 Å². The molecule has 0 fully saturated rings. The highest BCUT2D eigenvalue weighted by molar-refractivity contribution is 5.27. The molecule has 0 radical (unpaired) electrons. The minimum absolute atomic E-state index is 0.309. The van der Waals surface area contributed by atoms with Crippen LogP contribution < -0.4 is 10.5 Å². The van der Waals surface area contributed by atoms with Crippen molar-refractivity contribution in [1.82, 2.24) is 0 Å². The Labute approximate surface area is 105 Å². The van der Waals surface area contributed by atoms with Crippen molar-refractivity contribution in [2.24, 2.45) is 5.73 Å². The summed E-state index contributed by atoms with van der Waals surface area (Å²) in [5, 5.41) is 0. The van der Waals surface area contributed by atoms with Gasteiger partial charge >= 0.3 is 0 Å². The molecule has 2 heteroatoms. The van der Waals surface area contributed by atoms with Crippen LogP contribution in [0.25, 0.3) is 0 Å². The summed E-state index contributed by atoms with van der Waals surface area (Å²) in [6.07, 6.45) is 5.65. The van der Waals surface area contributed by atoms with Crippen molar-refractivity contribution in [2.45, 2.75) is 52.0 Å². The molecule has 2 N–H and O–H groups in total. The van der Waals surface area contributed by atoms with Crippen molar-refractivity contribution >= 4 is 0 Å². The summed E-state index contributed by atoms with van der Waals surface area (Å²) >= 11 is 0. The summed E-state index contributed by atoms with van der Waals surface area (Å²) < 4.78 is 5.68. The molecular formula is C15H25NO. The maximum absolute atomic E-state index is 5.69. The number of rotatable bonds is 8. The van der Waals surface area contributed by atoms with Crippen molar-refractivity contribution in [1.29, 1.82) is 0 Å². The summed E-state index contributed by atoms with van der Waals surface area (Å²) in [6, 6.07) is 8.75. The van der Waals surface area contributed by atoms with Crippen molar-refractivity contribution in [3.8, 4) is 5.75 Å². The SMILES string of the molecule is CCCc1ccc(OCCCCC(C)N)cc1. The molecule has 1 aromatic rings. The largest absolute Gasteiger partial charge is 0.494 e. The molecule has 17 heavy (non-hydrogen) atoms. The Morgan fingerprint density at radius 3 is 2.47 bits per heavy atom. The average Bonchev–Trinajstić information content (AvgIpc) is 2.31. The third-order valence-corrected chi connectivity index (χ3v) is 2.78. The van der Waals surface area contributed by atoms with Crippen LogP contribution in [0.2, 0.25) is 0 Å². The van der Waals surface area contributed by atoms with E-state index in [2.05, 4.69) is 31.2 Å². The van der Waals surface area contributed by atoms with Gasteiger partial charge in [-0.15, -0.1) is 0 Å². The first-order valence-electron chi connectivity index (χ1n) is 6.69. The standard InChI is InChI=1S/C15H25NO/c1-3-6-14-8-10-15(11-9-14)17-12-5-4-7-13(2)16/h8-11,13H,3-7,12,16H2,1-2H3. The van der Waals surface area contributed by atoms with Gasteiger partial charge in [0.05, 0.1) is 6.61 Å². The molecule has 0 aromatic heterocycles. The number of benzene rings is 1. The predicted octanol–water partition coefficient (Wildman–Crippen LogP) is 3.54. The van der Waals surface area contributed by atoms with Gasteiger partial charge in [0.1, 0.15) is 5.75 Å². The molecule has 0 saturated carbocycles. The Morgan fingerprint density at radius 2 is 1.88 bits per heavy atom. The van der Waals surface area contributed by atoms with Crippen LogP contribution in [0.3, 0.4) is 0 Å². The van der Waals surface area contributed by atoms with Crippen LogP contribution in [-0.2, 0) is 6.42 Å². The van der Waals surface area contributed by atoms with Gasteiger partial charge in [0.2, 0.25) is 0 Å². The summed E-state index contributed by atoms with van der Waals surface area (Å²) in [6.45, 7) is 5.04. The van der Waals surface area contributed by atoms with Crippen molar-refractivity contribution < 1.29 is 4.74 Å². The van der Waals surface area contributed by atoms with E-state index < -0.39 is 0 Å². The zero-order chi connectivity index (χ0) is 12.5. The van der Waals surface area contributed by atoms with Gasteiger partial charge in [0.25, 0.3) is 0 Å². The van der Waals surface area contributed by atoms with Gasteiger partial charge in [-0.25, -0.2) is 0 Å². The van der Waals surface area contributed by atoms with Crippen LogP contribution in [0, 0.1) is 0 Å². The average molecular weight is 235 g/mol. The van der Waals surface area contributed by atoms with E-state index in [9.17, 15) is 0 Å². The summed E-state index contributed by atoms with van der Waals surface area (Å²) in [5.74, 6) is 0.977. The van der Waals surface area contributed by atoms with Crippen LogP contribution in [0.15, 0.2) is 24.3 Å². The number of unbranched alkanes of at least 4 members (excludes halogenated alkanes) is 1. The zero-order valence-corrected chi connectivity index (χ0v) is 11.1. The van der Waals surface area contributed by atoms with Gasteiger partial charge in [-0.2, -0.15) is 0 Å². The molecule has 0 amide bonds. The fraction of sp³-hybridized carbons (Fsp3) is 0.600. The van der Waals surface area contributed by atoms with Crippen molar-refractivity contribution in [3.05, 3.63) is 29.8 Å². The molecule has 1 unspecified atom stereocenters. The maximum Gasteiger partial charge on any atom is 0.119 e. The first-order chi connectivity index (χ1) is 8.22. The second kappa shape index (κ2) is 8.13. The van der Waals surface area contributed by atoms with Crippen LogP contribution in [0.1, 0.15) is 45.1 Å². The second-order valence-electron chi connectivity index (χ2n) is 4.72. The molecule has 0 saturated heterocycles. The maximum atomic E-state index is 5.69. The minimum atomic E-state index is 0.309. The lowest BCUT2D eigenvalue weighted by Gasteiger charge is -2.08. The molecule has 1 aromatic carbocycles. The second-order valence-corrected chi connectivity index (χ2v) is 4.72. The van der Waals surface area contributed by atoms with Gasteiger partial charge in [0.15, 0.2) is 0 Å². The fourth-order valence-electron chi connectivity index (χ4n) is 1.80. The van der Waals surface area contributed by atoms with Crippen LogP contribution in [0.4, 0.5) is 0 Å². The Bertz CT molecular complexity index is 292. The number of aryl methyl sites for hydroxylation is 1. The van der Waals surface area contributed by atoms with Gasteiger partial charge in [-0.3, -0.25) is 0 Å². The third-order valence-electron chi connectivity index (χ3n) is 2.78.